The van der Waals surface area contributed by atoms with E-state index < -0.39 is 17.7 Å². The van der Waals surface area contributed by atoms with Crippen molar-refractivity contribution in [1.29, 1.82) is 0 Å². The minimum absolute atomic E-state index is 0.0113. The van der Waals surface area contributed by atoms with E-state index >= 15 is 0 Å². The van der Waals surface area contributed by atoms with E-state index in [9.17, 15) is 14.7 Å². The lowest BCUT2D eigenvalue weighted by molar-refractivity contribution is -0.140. The van der Waals surface area contributed by atoms with E-state index in [1.807, 2.05) is 6.07 Å². The van der Waals surface area contributed by atoms with E-state index in [-0.39, 0.29) is 17.9 Å². The number of carbonyl (C=O) groups is 2. The van der Waals surface area contributed by atoms with Crippen LogP contribution in [0.15, 0.2) is 72.6 Å². The van der Waals surface area contributed by atoms with Crippen molar-refractivity contribution in [2.24, 2.45) is 0 Å². The number of likely N-dealkylation sites (tertiary alicyclic amines) is 1. The second kappa shape index (κ2) is 8.60. The molecule has 1 unspecified atom stereocenters. The molecule has 8 heteroatoms. The molecule has 1 amide bonds. The zero-order chi connectivity index (χ0) is 22.9. The van der Waals surface area contributed by atoms with E-state index in [0.29, 0.717) is 40.9 Å². The Labute approximate surface area is 194 Å². The average molecular weight is 463 g/mol. The first-order valence-electron chi connectivity index (χ1n) is 10.4. The standard InChI is InChI=1S/C25H19ClN2O5/c26-18-5-1-4-16(11-18)22-21(23(29)17-6-7-19-20(12-17)33-10-9-32-19)24(30)25(31)28(22)14-15-3-2-8-27-13-15/h1-8,11-13,22,29H,9-10,14H2. The molecule has 5 rings (SSSR count). The van der Waals surface area contributed by atoms with Crippen LogP contribution in [0.2, 0.25) is 5.02 Å². The molecule has 1 fully saturated rings. The Kier molecular flexibility index (Phi) is 5.48. The third-order valence-corrected chi connectivity index (χ3v) is 5.83. The first kappa shape index (κ1) is 21.0. The summed E-state index contributed by atoms with van der Waals surface area (Å²) < 4.78 is 11.1. The second-order valence-corrected chi connectivity index (χ2v) is 8.14. The van der Waals surface area contributed by atoms with Gasteiger partial charge in [0, 0.05) is 29.5 Å². The Balaban J connectivity index is 1.64. The molecule has 2 aliphatic heterocycles. The summed E-state index contributed by atoms with van der Waals surface area (Å²) in [6.07, 6.45) is 3.27. The molecule has 7 nitrogen and oxygen atoms in total. The van der Waals surface area contributed by atoms with Crippen LogP contribution in [0.5, 0.6) is 11.5 Å². The number of aromatic nitrogens is 1. The van der Waals surface area contributed by atoms with Crippen molar-refractivity contribution in [1.82, 2.24) is 9.88 Å². The topological polar surface area (TPSA) is 89.0 Å². The van der Waals surface area contributed by atoms with E-state index in [0.717, 1.165) is 5.56 Å². The predicted octanol–water partition coefficient (Wildman–Crippen LogP) is 4.13. The van der Waals surface area contributed by atoms with Gasteiger partial charge in [-0.3, -0.25) is 14.6 Å². The minimum Gasteiger partial charge on any atom is -0.507 e. The van der Waals surface area contributed by atoms with E-state index in [1.165, 1.54) is 4.90 Å². The zero-order valence-corrected chi connectivity index (χ0v) is 18.2. The minimum atomic E-state index is -0.822. The summed E-state index contributed by atoms with van der Waals surface area (Å²) in [5, 5.41) is 11.7. The van der Waals surface area contributed by atoms with Gasteiger partial charge in [0.2, 0.25) is 0 Å². The molecule has 0 bridgehead atoms. The van der Waals surface area contributed by atoms with Gasteiger partial charge in [0.1, 0.15) is 19.0 Å². The van der Waals surface area contributed by atoms with Crippen LogP contribution < -0.4 is 9.47 Å². The van der Waals surface area contributed by atoms with Crippen molar-refractivity contribution in [3.05, 3.63) is 94.3 Å². The lowest BCUT2D eigenvalue weighted by Gasteiger charge is -2.25. The summed E-state index contributed by atoms with van der Waals surface area (Å²) in [5.74, 6) is -0.737. The molecule has 0 saturated carbocycles. The highest BCUT2D eigenvalue weighted by atomic mass is 35.5. The fourth-order valence-corrected chi connectivity index (χ4v) is 4.30. The number of benzene rings is 2. The van der Waals surface area contributed by atoms with Crippen molar-refractivity contribution >= 4 is 29.1 Å². The molecule has 3 heterocycles. The number of hydrogen-bond acceptors (Lipinski definition) is 6. The van der Waals surface area contributed by atoms with Crippen LogP contribution in [0.3, 0.4) is 0 Å². The maximum absolute atomic E-state index is 13.2. The van der Waals surface area contributed by atoms with Gasteiger partial charge in [-0.15, -0.1) is 0 Å². The molecular weight excluding hydrogens is 444 g/mol. The fraction of sp³-hybridized carbons (Fsp3) is 0.160. The van der Waals surface area contributed by atoms with Crippen LogP contribution in [-0.2, 0) is 16.1 Å². The van der Waals surface area contributed by atoms with Crippen molar-refractivity contribution in [3.63, 3.8) is 0 Å². The molecule has 1 atom stereocenters. The van der Waals surface area contributed by atoms with Crippen LogP contribution in [0.1, 0.15) is 22.7 Å². The van der Waals surface area contributed by atoms with Crippen molar-refractivity contribution in [2.45, 2.75) is 12.6 Å². The van der Waals surface area contributed by atoms with Crippen LogP contribution >= 0.6 is 11.6 Å². The smallest absolute Gasteiger partial charge is 0.295 e. The number of ether oxygens (including phenoxy) is 2. The lowest BCUT2D eigenvalue weighted by Crippen LogP contribution is -2.29. The number of nitrogens with zero attached hydrogens (tertiary/aromatic N) is 2. The Morgan fingerprint density at radius 1 is 1.06 bits per heavy atom. The van der Waals surface area contributed by atoms with Crippen molar-refractivity contribution in [3.8, 4) is 11.5 Å². The molecule has 3 aromatic rings. The number of pyridine rings is 1. The highest BCUT2D eigenvalue weighted by molar-refractivity contribution is 6.46. The third kappa shape index (κ3) is 3.91. The number of aliphatic hydroxyl groups excluding tert-OH is 1. The summed E-state index contributed by atoms with van der Waals surface area (Å²) in [4.78, 5) is 31.8. The predicted molar refractivity (Wildman–Crippen MR) is 121 cm³/mol. The van der Waals surface area contributed by atoms with Crippen LogP contribution in [0.25, 0.3) is 5.76 Å². The molecule has 0 radical (unpaired) electrons. The first-order valence-corrected chi connectivity index (χ1v) is 10.7. The van der Waals surface area contributed by atoms with Crippen LogP contribution in [-0.4, -0.2) is 39.9 Å². The highest BCUT2D eigenvalue weighted by Gasteiger charge is 2.46. The number of amides is 1. The Bertz CT molecular complexity index is 1270. The normalized spacial score (nSPS) is 19.1. The number of fused-ring (bicyclic) bond motifs is 1. The number of aliphatic hydroxyl groups is 1. The SMILES string of the molecule is O=C1C(=O)N(Cc2cccnc2)C(c2cccc(Cl)c2)C1=C(O)c1ccc2c(c1)OCCO2. The summed E-state index contributed by atoms with van der Waals surface area (Å²) in [6, 6.07) is 14.6. The Morgan fingerprint density at radius 3 is 2.64 bits per heavy atom. The van der Waals surface area contributed by atoms with Gasteiger partial charge < -0.3 is 19.5 Å². The molecule has 2 aromatic carbocycles. The van der Waals surface area contributed by atoms with Crippen molar-refractivity contribution in [2.75, 3.05) is 13.2 Å². The maximum atomic E-state index is 13.2. The summed E-state index contributed by atoms with van der Waals surface area (Å²) in [5.41, 5.74) is 1.71. The van der Waals surface area contributed by atoms with E-state index in [1.54, 1.807) is 60.9 Å². The number of halogens is 1. The zero-order valence-electron chi connectivity index (χ0n) is 17.4. The molecule has 2 aliphatic rings. The Morgan fingerprint density at radius 2 is 1.88 bits per heavy atom. The molecule has 0 aliphatic carbocycles. The van der Waals surface area contributed by atoms with Crippen LogP contribution in [0.4, 0.5) is 0 Å². The summed E-state index contributed by atoms with van der Waals surface area (Å²) >= 11 is 6.22. The van der Waals surface area contributed by atoms with Crippen LogP contribution in [0, 0.1) is 0 Å². The second-order valence-electron chi connectivity index (χ2n) is 7.70. The fourth-order valence-electron chi connectivity index (χ4n) is 4.10. The van der Waals surface area contributed by atoms with Gasteiger partial charge in [0.15, 0.2) is 11.5 Å². The van der Waals surface area contributed by atoms with Gasteiger partial charge in [-0.2, -0.15) is 0 Å². The van der Waals surface area contributed by atoms with Gasteiger partial charge in [0.05, 0.1) is 11.6 Å². The lowest BCUT2D eigenvalue weighted by atomic mass is 9.95. The highest BCUT2D eigenvalue weighted by Crippen LogP contribution is 2.42. The number of Topliss-reactive ketones (excluding diaryl/α,β-unsaturated/α-hetero) is 1. The number of ketones is 1. The monoisotopic (exact) mass is 462 g/mol. The first-order chi connectivity index (χ1) is 16.0. The van der Waals surface area contributed by atoms with Gasteiger partial charge in [-0.1, -0.05) is 29.8 Å². The molecular formula is C25H19ClN2O5. The molecule has 166 valence electrons. The average Bonchev–Trinajstić information content (AvgIpc) is 3.09. The van der Waals surface area contributed by atoms with Gasteiger partial charge in [-0.05, 0) is 47.5 Å². The summed E-state index contributed by atoms with van der Waals surface area (Å²) in [7, 11) is 0. The van der Waals surface area contributed by atoms with Gasteiger partial charge in [-0.25, -0.2) is 0 Å². The largest absolute Gasteiger partial charge is 0.507 e. The number of hydrogen-bond donors (Lipinski definition) is 1. The molecule has 1 N–H and O–H groups in total. The Hall–Kier alpha value is -3.84. The van der Waals surface area contributed by atoms with E-state index in [4.69, 9.17) is 21.1 Å². The van der Waals surface area contributed by atoms with Gasteiger partial charge in [0.25, 0.3) is 11.7 Å². The maximum Gasteiger partial charge on any atom is 0.295 e. The summed E-state index contributed by atoms with van der Waals surface area (Å²) in [6.45, 7) is 0.968. The number of rotatable bonds is 4. The molecule has 1 aromatic heterocycles. The molecule has 0 spiro atoms. The quantitative estimate of drug-likeness (QED) is 0.356. The third-order valence-electron chi connectivity index (χ3n) is 5.60. The number of carbonyl (C=O) groups excluding carboxylic acids is 2. The van der Waals surface area contributed by atoms with Gasteiger partial charge >= 0.3 is 0 Å². The molecule has 1 saturated heterocycles. The van der Waals surface area contributed by atoms with Crippen molar-refractivity contribution < 1.29 is 24.2 Å². The molecule has 33 heavy (non-hydrogen) atoms. The van der Waals surface area contributed by atoms with E-state index in [2.05, 4.69) is 4.98 Å².